The highest BCUT2D eigenvalue weighted by Gasteiger charge is 2.16. The summed E-state index contributed by atoms with van der Waals surface area (Å²) in [5, 5.41) is 0. The lowest BCUT2D eigenvalue weighted by molar-refractivity contribution is 0.413. The Labute approximate surface area is 270 Å². The van der Waals surface area contributed by atoms with E-state index in [1.807, 2.05) is 109 Å². The van der Waals surface area contributed by atoms with Crippen LogP contribution in [0.1, 0.15) is 22.3 Å². The van der Waals surface area contributed by atoms with Crippen LogP contribution in [0.4, 0.5) is 11.4 Å². The van der Waals surface area contributed by atoms with Crippen molar-refractivity contribution in [2.45, 2.75) is 0 Å². The first-order valence-corrected chi connectivity index (χ1v) is 15.0. The van der Waals surface area contributed by atoms with Gasteiger partial charge in [-0.25, -0.2) is 9.98 Å². The molecule has 4 nitrogen and oxygen atoms in total. The predicted octanol–water partition coefficient (Wildman–Crippen LogP) is 10.2. The van der Waals surface area contributed by atoms with Crippen LogP contribution in [0.25, 0.3) is 22.3 Å². The maximum absolute atomic E-state index is 5.87. The number of hydrogen-bond acceptors (Lipinski definition) is 4. The van der Waals surface area contributed by atoms with Gasteiger partial charge in [0.15, 0.2) is 0 Å². The van der Waals surface area contributed by atoms with Crippen LogP contribution in [0.5, 0.6) is 11.5 Å². The second-order valence-corrected chi connectivity index (χ2v) is 10.4. The zero-order valence-electron chi connectivity index (χ0n) is 25.7. The molecule has 0 bridgehead atoms. The summed E-state index contributed by atoms with van der Waals surface area (Å²) in [6, 6.07) is 52.3. The third kappa shape index (κ3) is 6.96. The van der Waals surface area contributed by atoms with E-state index in [2.05, 4.69) is 60.3 Å². The summed E-state index contributed by atoms with van der Waals surface area (Å²) in [6.45, 7) is 0. The van der Waals surface area contributed by atoms with Crippen molar-refractivity contribution in [3.8, 4) is 22.6 Å². The van der Waals surface area contributed by atoms with Crippen LogP contribution in [0.3, 0.4) is 0 Å². The van der Waals surface area contributed by atoms with Crippen molar-refractivity contribution in [1.29, 1.82) is 0 Å². The molecule has 46 heavy (non-hydrogen) atoms. The molecule has 0 radical (unpaired) electrons. The minimum absolute atomic E-state index is 0.729. The molecule has 0 N–H and O–H groups in total. The molecule has 4 heteroatoms. The molecule has 0 aliphatic heterocycles. The highest BCUT2D eigenvalue weighted by atomic mass is 16.5. The van der Waals surface area contributed by atoms with Gasteiger partial charge in [-0.2, -0.15) is 0 Å². The predicted molar refractivity (Wildman–Crippen MR) is 190 cm³/mol. The van der Waals surface area contributed by atoms with Gasteiger partial charge < -0.3 is 9.47 Å². The summed E-state index contributed by atoms with van der Waals surface area (Å²) in [5.74, 6) is 8.13. The number of hydrogen-bond donors (Lipinski definition) is 0. The molecule has 222 valence electrons. The molecule has 0 saturated carbocycles. The fraction of sp³-hybridized carbons (Fsp3) is 0.0476. The van der Waals surface area contributed by atoms with Crippen molar-refractivity contribution in [1.82, 2.24) is 0 Å². The van der Waals surface area contributed by atoms with Crippen LogP contribution in [0.2, 0.25) is 0 Å². The largest absolute Gasteiger partial charge is 0.496 e. The molecule has 0 amide bonds. The minimum Gasteiger partial charge on any atom is -0.496 e. The zero-order chi connectivity index (χ0) is 31.6. The van der Waals surface area contributed by atoms with Crippen LogP contribution in [-0.2, 0) is 0 Å². The number of para-hydroxylation sites is 2. The Morgan fingerprint density at radius 2 is 0.783 bits per heavy atom. The molecule has 0 aliphatic carbocycles. The van der Waals surface area contributed by atoms with Gasteiger partial charge in [0, 0.05) is 11.1 Å². The van der Waals surface area contributed by atoms with E-state index in [-0.39, 0.29) is 0 Å². The number of nitrogens with zero attached hydrogens (tertiary/aromatic N) is 2. The number of methoxy groups -OCH3 is 2. The average molecular weight is 597 g/mol. The van der Waals surface area contributed by atoms with Crippen molar-refractivity contribution < 1.29 is 9.47 Å². The lowest BCUT2D eigenvalue weighted by Gasteiger charge is -2.15. The van der Waals surface area contributed by atoms with Gasteiger partial charge in [-0.1, -0.05) is 109 Å². The molecule has 0 aromatic heterocycles. The minimum atomic E-state index is 0.729. The normalized spacial score (nSPS) is 10.2. The van der Waals surface area contributed by atoms with E-state index < -0.39 is 0 Å². The first-order valence-electron chi connectivity index (χ1n) is 15.0. The van der Waals surface area contributed by atoms with Crippen molar-refractivity contribution >= 4 is 34.3 Å². The van der Waals surface area contributed by atoms with Crippen LogP contribution in [0, 0.1) is 0 Å². The molecule has 0 unspecified atom stereocenters. The zero-order valence-corrected chi connectivity index (χ0v) is 25.7. The van der Waals surface area contributed by atoms with Gasteiger partial charge in [-0.15, -0.1) is 0 Å². The fourth-order valence-corrected chi connectivity index (χ4v) is 5.18. The highest BCUT2D eigenvalue weighted by molar-refractivity contribution is 6.03. The van der Waals surface area contributed by atoms with E-state index in [1.54, 1.807) is 14.2 Å². The third-order valence-corrected chi connectivity index (χ3v) is 7.50. The molecule has 0 atom stereocenters. The van der Waals surface area contributed by atoms with E-state index in [1.165, 1.54) is 0 Å². The molecule has 6 aromatic carbocycles. The maximum atomic E-state index is 5.87. The number of rotatable bonds is 9. The van der Waals surface area contributed by atoms with E-state index >= 15 is 0 Å². The van der Waals surface area contributed by atoms with Crippen LogP contribution >= 0.6 is 0 Å². The van der Waals surface area contributed by atoms with Crippen LogP contribution in [-0.4, -0.2) is 26.0 Å². The van der Waals surface area contributed by atoms with Crippen LogP contribution < -0.4 is 9.47 Å². The third-order valence-electron chi connectivity index (χ3n) is 7.50. The Kier molecular flexibility index (Phi) is 9.44. The van der Waals surface area contributed by atoms with E-state index in [0.717, 1.165) is 67.4 Å². The first kappa shape index (κ1) is 29.9. The molecule has 0 saturated heterocycles. The standard InChI is InChI=1S/C42H32N2O2/c1-45-41-25-23-33(27-37(41)39(31-15-7-3-8-16-31)29-43-35-19-11-5-12-20-35)34-24-26-42(46-2)38(28-34)40(32-17-9-4-10-18-32)30-44-36-21-13-6-14-22-36/h3-28H,1-2H3. The van der Waals surface area contributed by atoms with Gasteiger partial charge in [0.25, 0.3) is 0 Å². The number of aliphatic imine (C=N–C) groups is 2. The molecule has 0 heterocycles. The fourth-order valence-electron chi connectivity index (χ4n) is 5.18. The Morgan fingerprint density at radius 1 is 0.435 bits per heavy atom. The molecular formula is C42H32N2O2. The van der Waals surface area contributed by atoms with Gasteiger partial charge >= 0.3 is 0 Å². The first-order chi connectivity index (χ1) is 22.7. The van der Waals surface area contributed by atoms with Crippen molar-refractivity contribution in [2.24, 2.45) is 9.98 Å². The van der Waals surface area contributed by atoms with Gasteiger partial charge in [-0.05, 0) is 82.5 Å². The number of benzene rings is 6. The van der Waals surface area contributed by atoms with Crippen molar-refractivity contribution in [2.75, 3.05) is 14.2 Å². The second-order valence-electron chi connectivity index (χ2n) is 10.4. The van der Waals surface area contributed by atoms with Crippen molar-refractivity contribution in [3.05, 3.63) is 180 Å². The Balaban J connectivity index is 1.52. The Bertz CT molecular complexity index is 1900. The summed E-state index contributed by atoms with van der Waals surface area (Å²) in [4.78, 5) is 9.39. The van der Waals surface area contributed by atoms with E-state index in [4.69, 9.17) is 19.5 Å². The summed E-state index contributed by atoms with van der Waals surface area (Å²) in [5.41, 5.74) is 9.04. The number of ether oxygens (including phenoxy) is 2. The van der Waals surface area contributed by atoms with E-state index in [0.29, 0.717) is 0 Å². The SMILES string of the molecule is COc1ccc(-c2ccc(OC)c(C(=C=Nc3ccccc3)c3ccccc3)c2)cc1C(=C=Nc1ccccc1)c1ccccc1. The van der Waals surface area contributed by atoms with Crippen molar-refractivity contribution in [3.63, 3.8) is 0 Å². The summed E-state index contributed by atoms with van der Waals surface area (Å²) >= 11 is 0. The van der Waals surface area contributed by atoms with Gasteiger partial charge in [-0.3, -0.25) is 0 Å². The van der Waals surface area contributed by atoms with Crippen LogP contribution in [0.15, 0.2) is 168 Å². The summed E-state index contributed by atoms with van der Waals surface area (Å²) < 4.78 is 11.7. The molecule has 0 fully saturated rings. The quantitative estimate of drug-likeness (QED) is 0.156. The lowest BCUT2D eigenvalue weighted by Crippen LogP contribution is -1.97. The summed E-state index contributed by atoms with van der Waals surface area (Å²) in [7, 11) is 3.37. The maximum Gasteiger partial charge on any atom is 0.127 e. The molecule has 6 rings (SSSR count). The van der Waals surface area contributed by atoms with E-state index in [9.17, 15) is 0 Å². The Hall–Kier alpha value is -6.18. The summed E-state index contributed by atoms with van der Waals surface area (Å²) in [6.07, 6.45) is 0. The molecule has 0 spiro atoms. The lowest BCUT2D eigenvalue weighted by atomic mass is 9.92. The van der Waals surface area contributed by atoms with Gasteiger partial charge in [0.05, 0.1) is 36.7 Å². The topological polar surface area (TPSA) is 43.2 Å². The average Bonchev–Trinajstić information content (AvgIpc) is 3.13. The highest BCUT2D eigenvalue weighted by Crippen LogP contribution is 2.37. The smallest absolute Gasteiger partial charge is 0.127 e. The second kappa shape index (κ2) is 14.5. The monoisotopic (exact) mass is 596 g/mol. The Morgan fingerprint density at radius 3 is 1.13 bits per heavy atom. The molecule has 6 aromatic rings. The van der Waals surface area contributed by atoms with Gasteiger partial charge in [0.2, 0.25) is 0 Å². The van der Waals surface area contributed by atoms with Gasteiger partial charge in [0.1, 0.15) is 11.5 Å². The molecule has 0 aliphatic rings. The molecular weight excluding hydrogens is 564 g/mol.